The van der Waals surface area contributed by atoms with E-state index < -0.39 is 0 Å². The van der Waals surface area contributed by atoms with E-state index in [1.807, 2.05) is 37.3 Å². The molecule has 0 radical (unpaired) electrons. The number of fused-ring (bicyclic) bond motifs is 1. The molecule has 3 heterocycles. The minimum atomic E-state index is -0.325. The van der Waals surface area contributed by atoms with Gasteiger partial charge in [-0.25, -0.2) is 9.97 Å². The number of Topliss-reactive ketones (excluding diaryl/α,β-unsaturated/α-hetero) is 1. The maximum absolute atomic E-state index is 12.1. The predicted molar refractivity (Wildman–Crippen MR) is 134 cm³/mol. The van der Waals surface area contributed by atoms with Gasteiger partial charge in [-0.2, -0.15) is 0 Å². The third kappa shape index (κ3) is 5.70. The molecule has 1 aliphatic rings. The third-order valence-electron chi connectivity index (χ3n) is 6.81. The Morgan fingerprint density at radius 2 is 2.09 bits per heavy atom. The highest BCUT2D eigenvalue weighted by atomic mass is 16.5. The lowest BCUT2D eigenvalue weighted by Gasteiger charge is -2.29. The second kappa shape index (κ2) is 11.4. The van der Waals surface area contributed by atoms with Crippen molar-refractivity contribution in [1.29, 1.82) is 0 Å². The molecule has 8 nitrogen and oxygen atoms in total. The molecule has 1 aliphatic heterocycles. The van der Waals surface area contributed by atoms with E-state index in [1.165, 1.54) is 0 Å². The van der Waals surface area contributed by atoms with E-state index in [-0.39, 0.29) is 18.0 Å². The monoisotopic (exact) mass is 478 g/mol. The smallest absolute Gasteiger partial charge is 0.234 e. The van der Waals surface area contributed by atoms with Gasteiger partial charge in [-0.3, -0.25) is 14.5 Å². The van der Waals surface area contributed by atoms with E-state index >= 15 is 0 Å². The second-order valence-corrected chi connectivity index (χ2v) is 9.11. The summed E-state index contributed by atoms with van der Waals surface area (Å²) in [6.45, 7) is 2.67. The Labute approximate surface area is 205 Å². The molecule has 1 saturated heterocycles. The largest absolute Gasteiger partial charge is 0.480 e. The van der Waals surface area contributed by atoms with Gasteiger partial charge in [0.2, 0.25) is 17.7 Å². The van der Waals surface area contributed by atoms with Crippen LogP contribution in [0.3, 0.4) is 0 Å². The first-order valence-electron chi connectivity index (χ1n) is 12.5. The lowest BCUT2D eigenvalue weighted by Crippen LogP contribution is -2.42. The van der Waals surface area contributed by atoms with E-state index in [4.69, 9.17) is 14.9 Å². The van der Waals surface area contributed by atoms with Crippen LogP contribution in [-0.2, 0) is 9.59 Å². The average molecular weight is 479 g/mol. The number of unbranched alkanes of at least 4 members (excludes halogenated alkanes) is 2. The van der Waals surface area contributed by atoms with Crippen LogP contribution in [0, 0.1) is 0 Å². The van der Waals surface area contributed by atoms with Crippen LogP contribution in [0.15, 0.2) is 40.9 Å². The molecule has 2 N–H and O–H groups in total. The summed E-state index contributed by atoms with van der Waals surface area (Å²) in [6.07, 6.45) is 8.04. The molecule has 2 atom stereocenters. The normalized spacial score (nSPS) is 17.0. The van der Waals surface area contributed by atoms with E-state index in [1.54, 1.807) is 13.3 Å². The number of para-hydroxylation sites is 1. The number of pyridine rings is 1. The molecular formula is C27H34N4O4. The van der Waals surface area contributed by atoms with Crippen molar-refractivity contribution >= 4 is 22.6 Å². The summed E-state index contributed by atoms with van der Waals surface area (Å²) >= 11 is 0. The summed E-state index contributed by atoms with van der Waals surface area (Å²) in [7, 11) is 1.59. The number of hydrogen-bond donors (Lipinski definition) is 1. The number of amides is 1. The van der Waals surface area contributed by atoms with Crippen molar-refractivity contribution in [2.24, 2.45) is 5.73 Å². The fourth-order valence-corrected chi connectivity index (χ4v) is 4.91. The van der Waals surface area contributed by atoms with Gasteiger partial charge in [0.05, 0.1) is 36.5 Å². The lowest BCUT2D eigenvalue weighted by molar-refractivity contribution is -0.123. The molecule has 3 aromatic rings. The van der Waals surface area contributed by atoms with E-state index in [0.717, 1.165) is 61.5 Å². The van der Waals surface area contributed by atoms with Crippen LogP contribution in [0.5, 0.6) is 5.88 Å². The quantitative estimate of drug-likeness (QED) is 0.372. The number of likely N-dealkylation sites (tertiary alicyclic amines) is 1. The van der Waals surface area contributed by atoms with Crippen LogP contribution in [0.25, 0.3) is 22.2 Å². The first-order chi connectivity index (χ1) is 17.0. The number of methoxy groups -OCH3 is 1. The standard InChI is InChI=1S/C27H34N4O4/c1-3-19(32)11-5-4-6-13-23(31-15-9-14-22(31)25(28)33)27-29-17-24(35-27)20-16-18-10-7-8-12-21(18)30-26(20)34-2/h7-8,10,12,16-17,22-23H,3-6,9,11,13-15H2,1-2H3,(H2,28,33)/t22?,23-/m0/s1. The van der Waals surface area contributed by atoms with Crippen molar-refractivity contribution in [2.45, 2.75) is 70.4 Å². The number of hydrogen-bond acceptors (Lipinski definition) is 7. The SMILES string of the molecule is CCC(=O)CCCCC[C@@H](c1ncc(-c2cc3ccccc3nc2OC)o1)N1CCCC1C(N)=O. The Morgan fingerprint density at radius 3 is 2.86 bits per heavy atom. The Morgan fingerprint density at radius 1 is 1.26 bits per heavy atom. The van der Waals surface area contributed by atoms with E-state index in [9.17, 15) is 9.59 Å². The Kier molecular flexibility index (Phi) is 8.13. The Bertz CT molecular complexity index is 1170. The number of carbonyl (C=O) groups is 2. The number of nitrogens with two attached hydrogens (primary N) is 1. The van der Waals surface area contributed by atoms with Crippen molar-refractivity contribution < 1.29 is 18.7 Å². The number of aromatic nitrogens is 2. The fraction of sp³-hybridized carbons (Fsp3) is 0.481. The summed E-state index contributed by atoms with van der Waals surface area (Å²) in [5, 5.41) is 0.979. The van der Waals surface area contributed by atoms with Gasteiger partial charge in [0.25, 0.3) is 0 Å². The second-order valence-electron chi connectivity index (χ2n) is 9.11. The summed E-state index contributed by atoms with van der Waals surface area (Å²) < 4.78 is 11.8. The predicted octanol–water partition coefficient (Wildman–Crippen LogP) is 4.82. The molecule has 1 aromatic carbocycles. The van der Waals surface area contributed by atoms with Crippen molar-refractivity contribution in [3.05, 3.63) is 42.4 Å². The molecule has 35 heavy (non-hydrogen) atoms. The van der Waals surface area contributed by atoms with Crippen LogP contribution in [0.4, 0.5) is 0 Å². The van der Waals surface area contributed by atoms with Gasteiger partial charge in [0, 0.05) is 18.2 Å². The number of carbonyl (C=O) groups excluding carboxylic acids is 2. The van der Waals surface area contributed by atoms with Crippen LogP contribution in [0.2, 0.25) is 0 Å². The number of ether oxygens (including phenoxy) is 1. The van der Waals surface area contributed by atoms with Gasteiger partial charge < -0.3 is 14.9 Å². The molecule has 0 spiro atoms. The highest BCUT2D eigenvalue weighted by molar-refractivity contribution is 5.85. The molecule has 0 aliphatic carbocycles. The molecule has 0 saturated carbocycles. The summed E-state index contributed by atoms with van der Waals surface area (Å²) in [5.41, 5.74) is 7.29. The first kappa shape index (κ1) is 24.9. The maximum Gasteiger partial charge on any atom is 0.234 e. The van der Waals surface area contributed by atoms with Gasteiger partial charge in [0.1, 0.15) is 5.78 Å². The van der Waals surface area contributed by atoms with Crippen molar-refractivity contribution in [1.82, 2.24) is 14.9 Å². The van der Waals surface area contributed by atoms with Crippen LogP contribution in [0.1, 0.15) is 70.2 Å². The Hall–Kier alpha value is -3.26. The summed E-state index contributed by atoms with van der Waals surface area (Å²) in [4.78, 5) is 35.1. The molecule has 8 heteroatoms. The summed E-state index contributed by atoms with van der Waals surface area (Å²) in [6, 6.07) is 9.35. The molecule has 2 aromatic heterocycles. The average Bonchev–Trinajstić information content (AvgIpc) is 3.55. The summed E-state index contributed by atoms with van der Waals surface area (Å²) in [5.74, 6) is 1.59. The van der Waals surface area contributed by atoms with Gasteiger partial charge in [0.15, 0.2) is 5.76 Å². The molecule has 4 rings (SSSR count). The fourth-order valence-electron chi connectivity index (χ4n) is 4.91. The Balaban J connectivity index is 1.59. The van der Waals surface area contributed by atoms with Gasteiger partial charge >= 0.3 is 0 Å². The number of oxazole rings is 1. The molecule has 0 bridgehead atoms. The lowest BCUT2D eigenvalue weighted by atomic mass is 10.0. The molecule has 1 amide bonds. The van der Waals surface area contributed by atoms with Crippen LogP contribution in [-0.4, -0.2) is 46.3 Å². The number of nitrogens with zero attached hydrogens (tertiary/aromatic N) is 3. The highest BCUT2D eigenvalue weighted by Crippen LogP contribution is 2.37. The number of rotatable bonds is 12. The zero-order valence-electron chi connectivity index (χ0n) is 20.5. The van der Waals surface area contributed by atoms with Crippen molar-refractivity contribution in [2.75, 3.05) is 13.7 Å². The maximum atomic E-state index is 12.1. The zero-order chi connectivity index (χ0) is 24.8. The van der Waals surface area contributed by atoms with Gasteiger partial charge in [-0.05, 0) is 44.4 Å². The molecule has 186 valence electrons. The number of benzene rings is 1. The molecule has 1 fully saturated rings. The van der Waals surface area contributed by atoms with E-state index in [0.29, 0.717) is 36.2 Å². The minimum Gasteiger partial charge on any atom is -0.480 e. The van der Waals surface area contributed by atoms with Gasteiger partial charge in [-0.1, -0.05) is 38.0 Å². The van der Waals surface area contributed by atoms with Crippen molar-refractivity contribution in [3.8, 4) is 17.2 Å². The van der Waals surface area contributed by atoms with E-state index in [2.05, 4.69) is 14.9 Å². The minimum absolute atomic E-state index is 0.162. The zero-order valence-corrected chi connectivity index (χ0v) is 20.5. The van der Waals surface area contributed by atoms with Crippen molar-refractivity contribution in [3.63, 3.8) is 0 Å². The highest BCUT2D eigenvalue weighted by Gasteiger charge is 2.37. The molecule has 1 unspecified atom stereocenters. The topological polar surface area (TPSA) is 112 Å². The van der Waals surface area contributed by atoms with Gasteiger partial charge in [-0.15, -0.1) is 0 Å². The molecular weight excluding hydrogens is 444 g/mol. The van der Waals surface area contributed by atoms with Crippen LogP contribution >= 0.6 is 0 Å². The number of ketones is 1. The third-order valence-corrected chi connectivity index (χ3v) is 6.81. The van der Waals surface area contributed by atoms with Crippen LogP contribution < -0.4 is 10.5 Å². The first-order valence-corrected chi connectivity index (χ1v) is 12.5. The number of primary amides is 1.